The molecular formula is C13H13F5N2O. The standard InChI is InChI=1S/C13H13F5N2O/c14-10-7(5-6-19-11(10)15)12(21)20-9-4-2-1-3-8(9)13(16,17)18/h5-6,8-9H,1-4H2,(H,20,21). The fourth-order valence-corrected chi connectivity index (χ4v) is 2.54. The van der Waals surface area contributed by atoms with Crippen molar-refractivity contribution in [2.24, 2.45) is 5.92 Å². The maximum Gasteiger partial charge on any atom is 0.393 e. The van der Waals surface area contributed by atoms with E-state index in [1.165, 1.54) is 0 Å². The van der Waals surface area contributed by atoms with Gasteiger partial charge in [-0.1, -0.05) is 12.8 Å². The molecule has 2 atom stereocenters. The lowest BCUT2D eigenvalue weighted by molar-refractivity contribution is -0.187. The van der Waals surface area contributed by atoms with Gasteiger partial charge in [0.1, 0.15) is 0 Å². The summed E-state index contributed by atoms with van der Waals surface area (Å²) in [6.07, 6.45) is -2.50. The zero-order valence-electron chi connectivity index (χ0n) is 10.9. The molecule has 8 heteroatoms. The molecule has 0 bridgehead atoms. The molecule has 1 aliphatic rings. The Hall–Kier alpha value is -1.73. The molecule has 1 aliphatic carbocycles. The molecule has 2 rings (SSSR count). The Morgan fingerprint density at radius 3 is 2.57 bits per heavy atom. The number of carbonyl (C=O) groups is 1. The number of pyridine rings is 1. The summed E-state index contributed by atoms with van der Waals surface area (Å²) in [6.45, 7) is 0. The second kappa shape index (κ2) is 5.95. The van der Waals surface area contributed by atoms with E-state index in [4.69, 9.17) is 0 Å². The predicted octanol–water partition coefficient (Wildman–Crippen LogP) is 3.21. The Kier molecular flexibility index (Phi) is 4.43. The maximum atomic E-state index is 13.4. The summed E-state index contributed by atoms with van der Waals surface area (Å²) in [5.41, 5.74) is -0.644. The van der Waals surface area contributed by atoms with Crippen molar-refractivity contribution >= 4 is 5.91 Å². The van der Waals surface area contributed by atoms with Crippen LogP contribution >= 0.6 is 0 Å². The number of nitrogens with zero attached hydrogens (tertiary/aromatic N) is 1. The first-order valence-electron chi connectivity index (χ1n) is 6.48. The van der Waals surface area contributed by atoms with Crippen LogP contribution in [0.3, 0.4) is 0 Å². The van der Waals surface area contributed by atoms with Crippen LogP contribution in [-0.4, -0.2) is 23.1 Å². The fourth-order valence-electron chi connectivity index (χ4n) is 2.54. The first-order chi connectivity index (χ1) is 9.80. The minimum absolute atomic E-state index is 0.0817. The minimum Gasteiger partial charge on any atom is -0.349 e. The van der Waals surface area contributed by atoms with Gasteiger partial charge in [0.2, 0.25) is 5.95 Å². The average Bonchev–Trinajstić information content (AvgIpc) is 2.41. The summed E-state index contributed by atoms with van der Waals surface area (Å²) >= 11 is 0. The molecule has 116 valence electrons. The largest absolute Gasteiger partial charge is 0.393 e. The van der Waals surface area contributed by atoms with Gasteiger partial charge >= 0.3 is 6.18 Å². The van der Waals surface area contributed by atoms with Gasteiger partial charge in [0.15, 0.2) is 5.82 Å². The zero-order chi connectivity index (χ0) is 15.6. The van der Waals surface area contributed by atoms with E-state index in [-0.39, 0.29) is 12.8 Å². The van der Waals surface area contributed by atoms with Crippen LogP contribution in [0.15, 0.2) is 12.3 Å². The van der Waals surface area contributed by atoms with Crippen molar-refractivity contribution in [3.63, 3.8) is 0 Å². The highest BCUT2D eigenvalue weighted by molar-refractivity contribution is 5.94. The second-order valence-electron chi connectivity index (χ2n) is 4.98. The summed E-state index contributed by atoms with van der Waals surface area (Å²) in [7, 11) is 0. The summed E-state index contributed by atoms with van der Waals surface area (Å²) in [6, 6.07) is -0.194. The van der Waals surface area contributed by atoms with Gasteiger partial charge in [-0.2, -0.15) is 17.6 Å². The topological polar surface area (TPSA) is 42.0 Å². The summed E-state index contributed by atoms with van der Waals surface area (Å²) < 4.78 is 65.0. The molecule has 2 unspecified atom stereocenters. The normalized spacial score (nSPS) is 22.9. The predicted molar refractivity (Wildman–Crippen MR) is 63.4 cm³/mol. The van der Waals surface area contributed by atoms with Crippen molar-refractivity contribution < 1.29 is 26.7 Å². The molecule has 1 saturated carbocycles. The number of nitrogens with one attached hydrogen (secondary N) is 1. The van der Waals surface area contributed by atoms with Crippen LogP contribution in [0.4, 0.5) is 22.0 Å². The van der Waals surface area contributed by atoms with Crippen molar-refractivity contribution in [1.29, 1.82) is 0 Å². The molecule has 1 amide bonds. The van der Waals surface area contributed by atoms with E-state index in [9.17, 15) is 26.7 Å². The molecule has 21 heavy (non-hydrogen) atoms. The van der Waals surface area contributed by atoms with Crippen molar-refractivity contribution in [1.82, 2.24) is 10.3 Å². The molecule has 0 spiro atoms. The third-order valence-electron chi connectivity index (χ3n) is 3.59. The van der Waals surface area contributed by atoms with Crippen LogP contribution < -0.4 is 5.32 Å². The SMILES string of the molecule is O=C(NC1CCCCC1C(F)(F)F)c1ccnc(F)c1F. The monoisotopic (exact) mass is 308 g/mol. The van der Waals surface area contributed by atoms with Gasteiger partial charge < -0.3 is 5.32 Å². The molecule has 0 aliphatic heterocycles. The number of carbonyl (C=O) groups excluding carboxylic acids is 1. The zero-order valence-corrected chi connectivity index (χ0v) is 10.9. The number of halogens is 5. The number of rotatable bonds is 2. The van der Waals surface area contributed by atoms with Crippen LogP contribution in [0.2, 0.25) is 0 Å². The quantitative estimate of drug-likeness (QED) is 0.673. The summed E-state index contributed by atoms with van der Waals surface area (Å²) in [5, 5.41) is 2.17. The highest BCUT2D eigenvalue weighted by Crippen LogP contribution is 2.37. The van der Waals surface area contributed by atoms with Crippen LogP contribution in [0.1, 0.15) is 36.0 Å². The molecule has 3 nitrogen and oxygen atoms in total. The molecule has 1 fully saturated rings. The van der Waals surface area contributed by atoms with E-state index >= 15 is 0 Å². The molecule has 0 aromatic carbocycles. The molecule has 1 aromatic heterocycles. The highest BCUT2D eigenvalue weighted by Gasteiger charge is 2.46. The van der Waals surface area contributed by atoms with Gasteiger partial charge in [0.05, 0.1) is 11.5 Å². The number of amides is 1. The van der Waals surface area contributed by atoms with Gasteiger partial charge in [-0.3, -0.25) is 4.79 Å². The van der Waals surface area contributed by atoms with Crippen LogP contribution in [0, 0.1) is 17.7 Å². The van der Waals surface area contributed by atoms with Gasteiger partial charge in [0.25, 0.3) is 5.91 Å². The van der Waals surface area contributed by atoms with Crippen LogP contribution in [0.25, 0.3) is 0 Å². The van der Waals surface area contributed by atoms with E-state index in [1.807, 2.05) is 0 Å². The second-order valence-corrected chi connectivity index (χ2v) is 4.98. The van der Waals surface area contributed by atoms with Crippen molar-refractivity contribution in [3.8, 4) is 0 Å². The van der Waals surface area contributed by atoms with Gasteiger partial charge in [0, 0.05) is 12.2 Å². The molecule has 0 saturated heterocycles. The summed E-state index contributed by atoms with van der Waals surface area (Å²) in [4.78, 5) is 14.9. The van der Waals surface area contributed by atoms with E-state index < -0.39 is 41.4 Å². The van der Waals surface area contributed by atoms with Crippen LogP contribution in [-0.2, 0) is 0 Å². The Morgan fingerprint density at radius 1 is 1.24 bits per heavy atom. The Labute approximate surface area is 117 Å². The number of alkyl halides is 3. The minimum atomic E-state index is -4.43. The number of aromatic nitrogens is 1. The smallest absolute Gasteiger partial charge is 0.349 e. The third kappa shape index (κ3) is 3.48. The van der Waals surface area contributed by atoms with E-state index in [2.05, 4.69) is 10.3 Å². The lowest BCUT2D eigenvalue weighted by Crippen LogP contribution is -2.47. The number of hydrogen-bond acceptors (Lipinski definition) is 2. The number of hydrogen-bond donors (Lipinski definition) is 1. The van der Waals surface area contributed by atoms with Gasteiger partial charge in [-0.05, 0) is 18.9 Å². The first kappa shape index (κ1) is 15.7. The van der Waals surface area contributed by atoms with Crippen molar-refractivity contribution in [2.75, 3.05) is 0 Å². The molecule has 1 heterocycles. The molecule has 0 radical (unpaired) electrons. The lowest BCUT2D eigenvalue weighted by atomic mass is 9.84. The van der Waals surface area contributed by atoms with Gasteiger partial charge in [-0.25, -0.2) is 9.37 Å². The molecule has 1 aromatic rings. The van der Waals surface area contributed by atoms with E-state index in [1.54, 1.807) is 0 Å². The Morgan fingerprint density at radius 2 is 1.90 bits per heavy atom. The molecular weight excluding hydrogens is 295 g/mol. The van der Waals surface area contributed by atoms with Gasteiger partial charge in [-0.15, -0.1) is 0 Å². The third-order valence-corrected chi connectivity index (χ3v) is 3.59. The summed E-state index contributed by atoms with van der Waals surface area (Å²) in [5.74, 6) is -5.65. The van der Waals surface area contributed by atoms with E-state index in [0.29, 0.717) is 12.8 Å². The lowest BCUT2D eigenvalue weighted by Gasteiger charge is -2.33. The van der Waals surface area contributed by atoms with Crippen LogP contribution in [0.5, 0.6) is 0 Å². The highest BCUT2D eigenvalue weighted by atomic mass is 19.4. The van der Waals surface area contributed by atoms with Crippen molar-refractivity contribution in [3.05, 3.63) is 29.6 Å². The Bertz CT molecular complexity index is 532. The average molecular weight is 308 g/mol. The fraction of sp³-hybridized carbons (Fsp3) is 0.538. The van der Waals surface area contributed by atoms with E-state index in [0.717, 1.165) is 12.3 Å². The molecule has 1 N–H and O–H groups in total. The van der Waals surface area contributed by atoms with Crippen molar-refractivity contribution in [2.45, 2.75) is 37.9 Å². The Balaban J connectivity index is 2.15. The first-order valence-corrected chi connectivity index (χ1v) is 6.48. The maximum absolute atomic E-state index is 13.4.